The van der Waals surface area contributed by atoms with E-state index >= 15 is 0 Å². The Balaban J connectivity index is 1.53. The average Bonchev–Trinajstić information content (AvgIpc) is 3.46. The predicted octanol–water partition coefficient (Wildman–Crippen LogP) is 9.58. The maximum Gasteiger partial charge on any atom is 0.416 e. The number of pyridine rings is 1. The molecular weight excluding hydrogens is 537 g/mol. The number of nitrogens with zero attached hydrogens (tertiary/aromatic N) is 3. The molecule has 0 aliphatic carbocycles. The number of aryl methyl sites for hydroxylation is 1. The molecule has 2 atom stereocenters. The molecular formula is C34H39F3N4O. The molecule has 4 aromatic rings. The van der Waals surface area contributed by atoms with Gasteiger partial charge in [0.2, 0.25) is 0 Å². The number of aromatic nitrogens is 3. The molecule has 2 aromatic carbocycles. The SMILES string of the molecule is C=C(Nc1ccc(C)c(-n2cc(-c3cnccc3OCC(CCC)CC(C)CC)cn2)c1)c1cccc(C(F)(F)F)c1. The van der Waals surface area contributed by atoms with Crippen LogP contribution in [0, 0.1) is 18.8 Å². The highest BCUT2D eigenvalue weighted by Crippen LogP contribution is 2.33. The molecule has 0 bridgehead atoms. The van der Waals surface area contributed by atoms with Gasteiger partial charge in [-0.2, -0.15) is 18.3 Å². The van der Waals surface area contributed by atoms with Crippen molar-refractivity contribution in [2.24, 2.45) is 11.8 Å². The second-order valence-electron chi connectivity index (χ2n) is 10.9. The first-order valence-electron chi connectivity index (χ1n) is 14.4. The molecule has 42 heavy (non-hydrogen) atoms. The lowest BCUT2D eigenvalue weighted by molar-refractivity contribution is -0.137. The molecule has 222 valence electrons. The molecule has 0 fully saturated rings. The van der Waals surface area contributed by atoms with E-state index in [0.29, 0.717) is 35.4 Å². The summed E-state index contributed by atoms with van der Waals surface area (Å²) in [7, 11) is 0. The first-order valence-corrected chi connectivity index (χ1v) is 14.4. The van der Waals surface area contributed by atoms with Crippen LogP contribution in [-0.2, 0) is 6.18 Å². The van der Waals surface area contributed by atoms with E-state index in [4.69, 9.17) is 4.74 Å². The lowest BCUT2D eigenvalue weighted by Crippen LogP contribution is -2.15. The second-order valence-corrected chi connectivity index (χ2v) is 10.9. The van der Waals surface area contributed by atoms with Crippen molar-refractivity contribution in [2.75, 3.05) is 11.9 Å². The van der Waals surface area contributed by atoms with Crippen molar-refractivity contribution in [1.29, 1.82) is 0 Å². The molecule has 0 radical (unpaired) electrons. The van der Waals surface area contributed by atoms with E-state index in [-0.39, 0.29) is 0 Å². The van der Waals surface area contributed by atoms with Crippen molar-refractivity contribution in [3.05, 3.63) is 96.6 Å². The standard InChI is InChI=1S/C34H39F3N4O/c1-6-9-26(16-23(3)7-2)22-42-33-14-15-38-20-31(33)28-19-39-41(21-28)32-18-30(13-12-24(32)4)40-25(5)27-10-8-11-29(17-27)34(35,36)37/h8,10-15,17-21,23,26,40H,5-7,9,16,22H2,1-4H3. The van der Waals surface area contributed by atoms with Gasteiger partial charge in [0.25, 0.3) is 0 Å². The van der Waals surface area contributed by atoms with Gasteiger partial charge in [0.15, 0.2) is 0 Å². The average molecular weight is 577 g/mol. The number of rotatable bonds is 13. The van der Waals surface area contributed by atoms with Crippen LogP contribution in [0.3, 0.4) is 0 Å². The first-order chi connectivity index (χ1) is 20.1. The van der Waals surface area contributed by atoms with E-state index in [1.54, 1.807) is 29.3 Å². The normalized spacial score (nSPS) is 13.0. The Labute approximate surface area is 246 Å². The van der Waals surface area contributed by atoms with Gasteiger partial charge in [-0.25, -0.2) is 4.68 Å². The third-order valence-corrected chi connectivity index (χ3v) is 7.57. The van der Waals surface area contributed by atoms with Crippen LogP contribution in [0.4, 0.5) is 18.9 Å². The summed E-state index contributed by atoms with van der Waals surface area (Å²) in [6, 6.07) is 12.7. The van der Waals surface area contributed by atoms with Crippen LogP contribution in [-0.4, -0.2) is 21.4 Å². The fraction of sp³-hybridized carbons (Fsp3) is 0.353. The molecule has 0 aliphatic heterocycles. The number of nitrogens with one attached hydrogen (secondary N) is 1. The summed E-state index contributed by atoms with van der Waals surface area (Å²) < 4.78 is 47.7. The third kappa shape index (κ3) is 7.81. The van der Waals surface area contributed by atoms with Gasteiger partial charge < -0.3 is 10.1 Å². The monoisotopic (exact) mass is 576 g/mol. The van der Waals surface area contributed by atoms with Crippen LogP contribution in [0.1, 0.15) is 63.1 Å². The quantitative estimate of drug-likeness (QED) is 0.172. The first kappa shape index (κ1) is 30.9. The zero-order chi connectivity index (χ0) is 30.3. The number of hydrogen-bond acceptors (Lipinski definition) is 4. The molecule has 4 rings (SSSR count). The van der Waals surface area contributed by atoms with E-state index in [9.17, 15) is 13.2 Å². The van der Waals surface area contributed by atoms with Gasteiger partial charge in [-0.05, 0) is 73.1 Å². The van der Waals surface area contributed by atoms with Crippen LogP contribution >= 0.6 is 0 Å². The molecule has 1 N–H and O–H groups in total. The molecule has 2 heterocycles. The highest BCUT2D eigenvalue weighted by molar-refractivity contribution is 5.76. The van der Waals surface area contributed by atoms with Gasteiger partial charge in [0.1, 0.15) is 5.75 Å². The molecule has 0 saturated heterocycles. The summed E-state index contributed by atoms with van der Waals surface area (Å²) in [5, 5.41) is 7.76. The zero-order valence-corrected chi connectivity index (χ0v) is 24.7. The second kappa shape index (κ2) is 13.7. The van der Waals surface area contributed by atoms with Crippen LogP contribution in [0.5, 0.6) is 5.75 Å². The summed E-state index contributed by atoms with van der Waals surface area (Å²) >= 11 is 0. The Morgan fingerprint density at radius 2 is 1.90 bits per heavy atom. The Kier molecular flexibility index (Phi) is 10.1. The molecule has 0 aliphatic rings. The molecule has 8 heteroatoms. The van der Waals surface area contributed by atoms with Crippen molar-refractivity contribution in [3.8, 4) is 22.6 Å². The maximum atomic E-state index is 13.2. The van der Waals surface area contributed by atoms with Gasteiger partial charge in [-0.1, -0.05) is 58.4 Å². The van der Waals surface area contributed by atoms with Crippen LogP contribution in [0.25, 0.3) is 22.5 Å². The molecule has 2 aromatic heterocycles. The van der Waals surface area contributed by atoms with E-state index in [2.05, 4.69) is 42.7 Å². The van der Waals surface area contributed by atoms with E-state index in [0.717, 1.165) is 65.9 Å². The Morgan fingerprint density at radius 1 is 1.10 bits per heavy atom. The molecule has 0 saturated carbocycles. The highest BCUT2D eigenvalue weighted by Gasteiger charge is 2.30. The predicted molar refractivity (Wildman–Crippen MR) is 164 cm³/mol. The minimum atomic E-state index is -4.42. The van der Waals surface area contributed by atoms with Crippen LogP contribution < -0.4 is 10.1 Å². The largest absolute Gasteiger partial charge is 0.493 e. The summed E-state index contributed by atoms with van der Waals surface area (Å²) in [4.78, 5) is 4.34. The third-order valence-electron chi connectivity index (χ3n) is 7.57. The smallest absolute Gasteiger partial charge is 0.416 e. The number of hydrogen-bond donors (Lipinski definition) is 1. The summed E-state index contributed by atoms with van der Waals surface area (Å²) in [5.41, 5.74) is 4.24. The van der Waals surface area contributed by atoms with Gasteiger partial charge in [-0.3, -0.25) is 4.98 Å². The maximum absolute atomic E-state index is 13.2. The molecule has 5 nitrogen and oxygen atoms in total. The van der Waals surface area contributed by atoms with Crippen LogP contribution in [0.15, 0.2) is 79.9 Å². The van der Waals surface area contributed by atoms with Crippen LogP contribution in [0.2, 0.25) is 0 Å². The fourth-order valence-electron chi connectivity index (χ4n) is 5.00. The Hall–Kier alpha value is -4.07. The van der Waals surface area contributed by atoms with Crippen molar-refractivity contribution < 1.29 is 17.9 Å². The van der Waals surface area contributed by atoms with Crippen molar-refractivity contribution in [1.82, 2.24) is 14.8 Å². The molecule has 2 unspecified atom stereocenters. The molecule has 0 spiro atoms. The molecule has 0 amide bonds. The van der Waals surface area contributed by atoms with Gasteiger partial charge in [0.05, 0.1) is 24.1 Å². The summed E-state index contributed by atoms with van der Waals surface area (Å²) in [5.74, 6) is 1.94. The minimum absolute atomic E-state index is 0.364. The summed E-state index contributed by atoms with van der Waals surface area (Å²) in [6.45, 7) is 13.3. The van der Waals surface area contributed by atoms with E-state index in [1.807, 2.05) is 37.4 Å². The van der Waals surface area contributed by atoms with Gasteiger partial charge >= 0.3 is 6.18 Å². The van der Waals surface area contributed by atoms with Crippen molar-refractivity contribution >= 4 is 11.4 Å². The number of ether oxygens (including phenoxy) is 1. The minimum Gasteiger partial charge on any atom is -0.493 e. The van der Waals surface area contributed by atoms with Gasteiger partial charge in [-0.15, -0.1) is 0 Å². The fourth-order valence-corrected chi connectivity index (χ4v) is 5.00. The summed E-state index contributed by atoms with van der Waals surface area (Å²) in [6.07, 6.45) is 7.39. The number of anilines is 1. The highest BCUT2D eigenvalue weighted by atomic mass is 19.4. The van der Waals surface area contributed by atoms with E-state index in [1.165, 1.54) is 6.07 Å². The van der Waals surface area contributed by atoms with Crippen molar-refractivity contribution in [2.45, 2.75) is 59.6 Å². The number of benzene rings is 2. The Morgan fingerprint density at radius 3 is 2.64 bits per heavy atom. The van der Waals surface area contributed by atoms with E-state index < -0.39 is 11.7 Å². The number of halogens is 3. The van der Waals surface area contributed by atoms with Gasteiger partial charge in [0, 0.05) is 41.1 Å². The Bertz CT molecular complexity index is 1490. The van der Waals surface area contributed by atoms with Crippen molar-refractivity contribution in [3.63, 3.8) is 0 Å². The number of alkyl halides is 3. The lowest BCUT2D eigenvalue weighted by Gasteiger charge is -2.21. The topological polar surface area (TPSA) is 52.0 Å². The lowest BCUT2D eigenvalue weighted by atomic mass is 9.91. The zero-order valence-electron chi connectivity index (χ0n) is 24.7.